The van der Waals surface area contributed by atoms with Gasteiger partial charge in [-0.2, -0.15) is 5.10 Å². The molecule has 2 aromatic heterocycles. The number of piperidine rings is 1. The van der Waals surface area contributed by atoms with E-state index in [4.69, 9.17) is 5.73 Å². The lowest BCUT2D eigenvalue weighted by atomic mass is 9.79. The highest BCUT2D eigenvalue weighted by Gasteiger charge is 2.37. The van der Waals surface area contributed by atoms with Gasteiger partial charge in [0.05, 0.1) is 5.69 Å². The van der Waals surface area contributed by atoms with Gasteiger partial charge in [-0.15, -0.1) is 12.4 Å². The van der Waals surface area contributed by atoms with Crippen LogP contribution in [0, 0.1) is 26.2 Å². The van der Waals surface area contributed by atoms with Gasteiger partial charge in [0.2, 0.25) is 0 Å². The molecule has 132 valence electrons. The van der Waals surface area contributed by atoms with Crippen LogP contribution in [0.1, 0.15) is 47.7 Å². The Balaban J connectivity index is 0.00000208. The van der Waals surface area contributed by atoms with E-state index < -0.39 is 0 Å². The average Bonchev–Trinajstić information content (AvgIpc) is 2.77. The van der Waals surface area contributed by atoms with Gasteiger partial charge in [0.1, 0.15) is 5.56 Å². The first-order valence-corrected chi connectivity index (χ1v) is 8.09. The Hall–Kier alpha value is -1.66. The van der Waals surface area contributed by atoms with Gasteiger partial charge in [0, 0.05) is 30.5 Å². The fraction of sp³-hybridized carbons (Fsp3) is 0.588. The molecule has 0 radical (unpaired) electrons. The molecule has 1 aliphatic rings. The van der Waals surface area contributed by atoms with Crippen molar-refractivity contribution in [2.24, 2.45) is 11.1 Å². The van der Waals surface area contributed by atoms with Gasteiger partial charge in [0.25, 0.3) is 5.91 Å². The van der Waals surface area contributed by atoms with Crippen molar-refractivity contribution in [2.45, 2.75) is 47.1 Å². The molecule has 0 saturated carbocycles. The van der Waals surface area contributed by atoms with E-state index in [9.17, 15) is 4.79 Å². The van der Waals surface area contributed by atoms with Gasteiger partial charge in [0.15, 0.2) is 5.65 Å². The monoisotopic (exact) mass is 351 g/mol. The molecule has 24 heavy (non-hydrogen) atoms. The van der Waals surface area contributed by atoms with Crippen LogP contribution in [0.25, 0.3) is 5.65 Å². The summed E-state index contributed by atoms with van der Waals surface area (Å²) in [7, 11) is 0. The van der Waals surface area contributed by atoms with E-state index >= 15 is 0 Å². The third kappa shape index (κ3) is 3.00. The van der Waals surface area contributed by atoms with Crippen molar-refractivity contribution in [2.75, 3.05) is 13.1 Å². The molecular formula is C17H26ClN5O. The maximum absolute atomic E-state index is 13.1. The van der Waals surface area contributed by atoms with Crippen LogP contribution in [0.5, 0.6) is 0 Å². The predicted molar refractivity (Wildman–Crippen MR) is 96.7 cm³/mol. The van der Waals surface area contributed by atoms with Gasteiger partial charge in [-0.25, -0.2) is 9.50 Å². The molecule has 1 unspecified atom stereocenters. The Morgan fingerprint density at radius 1 is 1.33 bits per heavy atom. The van der Waals surface area contributed by atoms with Crippen LogP contribution in [0.3, 0.4) is 0 Å². The molecule has 6 nitrogen and oxygen atoms in total. The fourth-order valence-electron chi connectivity index (χ4n) is 3.38. The van der Waals surface area contributed by atoms with E-state index in [1.807, 2.05) is 31.7 Å². The summed E-state index contributed by atoms with van der Waals surface area (Å²) in [6.45, 7) is 11.4. The molecule has 2 N–H and O–H groups in total. The van der Waals surface area contributed by atoms with Crippen LogP contribution >= 0.6 is 12.4 Å². The van der Waals surface area contributed by atoms with Gasteiger partial charge in [-0.1, -0.05) is 13.8 Å². The SMILES string of the molecule is Cc1cc(C)n2nc(C)c(C(=O)N3CCC(N)C(C)(C)C3)c2n1.Cl. The predicted octanol–water partition coefficient (Wildman–Crippen LogP) is 2.28. The quantitative estimate of drug-likeness (QED) is 0.855. The first kappa shape index (κ1) is 18.7. The van der Waals surface area contributed by atoms with Crippen LogP contribution in [0.4, 0.5) is 0 Å². The molecule has 1 saturated heterocycles. The molecule has 1 fully saturated rings. The number of likely N-dealkylation sites (tertiary alicyclic amines) is 1. The smallest absolute Gasteiger partial charge is 0.259 e. The number of halogens is 1. The van der Waals surface area contributed by atoms with Crippen LogP contribution in [0.2, 0.25) is 0 Å². The molecule has 2 aromatic rings. The van der Waals surface area contributed by atoms with E-state index in [2.05, 4.69) is 23.9 Å². The number of nitrogens with two attached hydrogens (primary N) is 1. The van der Waals surface area contributed by atoms with Crippen LogP contribution in [-0.2, 0) is 0 Å². The molecule has 0 aromatic carbocycles. The Morgan fingerprint density at radius 2 is 2.00 bits per heavy atom. The Kier molecular flexibility index (Phi) is 4.93. The van der Waals surface area contributed by atoms with Gasteiger partial charge in [-0.05, 0) is 38.7 Å². The first-order valence-electron chi connectivity index (χ1n) is 8.09. The zero-order chi connectivity index (χ0) is 16.9. The second-order valence-electron chi connectivity index (χ2n) is 7.35. The number of carbonyl (C=O) groups excluding carboxylic acids is 1. The number of nitrogens with zero attached hydrogens (tertiary/aromatic N) is 4. The van der Waals surface area contributed by atoms with E-state index in [1.54, 1.807) is 4.52 Å². The maximum atomic E-state index is 13.1. The molecular weight excluding hydrogens is 326 g/mol. The molecule has 7 heteroatoms. The highest BCUT2D eigenvalue weighted by atomic mass is 35.5. The molecule has 1 aliphatic heterocycles. The summed E-state index contributed by atoms with van der Waals surface area (Å²) in [5.41, 5.74) is 9.97. The Labute approximate surface area is 148 Å². The summed E-state index contributed by atoms with van der Waals surface area (Å²) in [5.74, 6) is 0.00924. The van der Waals surface area contributed by atoms with Crippen molar-refractivity contribution in [1.29, 1.82) is 0 Å². The number of carbonyl (C=O) groups is 1. The lowest BCUT2D eigenvalue weighted by molar-refractivity contribution is 0.0534. The standard InChI is InChI=1S/C17H25N5O.ClH/c1-10-8-11(2)22-15(19-10)14(12(3)20-22)16(23)21-7-6-13(18)17(4,5)9-21;/h8,13H,6-7,9,18H2,1-5H3;1H. The summed E-state index contributed by atoms with van der Waals surface area (Å²) >= 11 is 0. The maximum Gasteiger partial charge on any atom is 0.259 e. The minimum Gasteiger partial charge on any atom is -0.338 e. The fourth-order valence-corrected chi connectivity index (χ4v) is 3.38. The number of fused-ring (bicyclic) bond motifs is 1. The van der Waals surface area contributed by atoms with Gasteiger partial charge >= 0.3 is 0 Å². The summed E-state index contributed by atoms with van der Waals surface area (Å²) in [4.78, 5) is 19.6. The highest BCUT2D eigenvalue weighted by Crippen LogP contribution is 2.29. The molecule has 0 aliphatic carbocycles. The van der Waals surface area contributed by atoms with Crippen LogP contribution in [0.15, 0.2) is 6.07 Å². The zero-order valence-electron chi connectivity index (χ0n) is 15.0. The first-order chi connectivity index (χ1) is 10.7. The number of hydrogen-bond acceptors (Lipinski definition) is 4. The van der Waals surface area contributed by atoms with E-state index in [1.165, 1.54) is 0 Å². The van der Waals surface area contributed by atoms with Crippen molar-refractivity contribution in [1.82, 2.24) is 19.5 Å². The van der Waals surface area contributed by atoms with Crippen LogP contribution in [-0.4, -0.2) is 44.5 Å². The van der Waals surface area contributed by atoms with Crippen molar-refractivity contribution < 1.29 is 4.79 Å². The summed E-state index contributed by atoms with van der Waals surface area (Å²) in [6.07, 6.45) is 0.822. The lowest BCUT2D eigenvalue weighted by Gasteiger charge is -2.42. The second kappa shape index (κ2) is 6.33. The van der Waals surface area contributed by atoms with Gasteiger partial charge in [-0.3, -0.25) is 4.79 Å². The van der Waals surface area contributed by atoms with E-state index in [0.717, 1.165) is 23.5 Å². The molecule has 0 bridgehead atoms. The lowest BCUT2D eigenvalue weighted by Crippen LogP contribution is -2.54. The Bertz CT molecular complexity index is 783. The van der Waals surface area contributed by atoms with Crippen LogP contribution < -0.4 is 5.73 Å². The molecule has 3 heterocycles. The highest BCUT2D eigenvalue weighted by molar-refractivity contribution is 6.01. The van der Waals surface area contributed by atoms with E-state index in [0.29, 0.717) is 24.3 Å². The molecule has 1 amide bonds. The number of hydrogen-bond donors (Lipinski definition) is 1. The second-order valence-corrected chi connectivity index (χ2v) is 7.35. The number of aromatic nitrogens is 3. The number of aryl methyl sites for hydroxylation is 3. The normalized spacial score (nSPS) is 20.1. The zero-order valence-corrected chi connectivity index (χ0v) is 15.8. The average molecular weight is 352 g/mol. The Morgan fingerprint density at radius 3 is 2.62 bits per heavy atom. The topological polar surface area (TPSA) is 76.5 Å². The molecule has 0 spiro atoms. The third-order valence-corrected chi connectivity index (χ3v) is 4.88. The van der Waals surface area contributed by atoms with Crippen molar-refractivity contribution >= 4 is 24.0 Å². The minimum atomic E-state index is -0.0793. The van der Waals surface area contributed by atoms with Gasteiger partial charge < -0.3 is 10.6 Å². The summed E-state index contributed by atoms with van der Waals surface area (Å²) < 4.78 is 1.76. The van der Waals surface area contributed by atoms with Crippen molar-refractivity contribution in [3.63, 3.8) is 0 Å². The van der Waals surface area contributed by atoms with Crippen molar-refractivity contribution in [3.05, 3.63) is 28.7 Å². The molecule has 1 atom stereocenters. The minimum absolute atomic E-state index is 0. The number of amides is 1. The third-order valence-electron chi connectivity index (χ3n) is 4.88. The van der Waals surface area contributed by atoms with Crippen molar-refractivity contribution in [3.8, 4) is 0 Å². The summed E-state index contributed by atoms with van der Waals surface area (Å²) in [6, 6.07) is 2.09. The molecule has 3 rings (SSSR count). The summed E-state index contributed by atoms with van der Waals surface area (Å²) in [5, 5.41) is 4.50. The van der Waals surface area contributed by atoms with E-state index in [-0.39, 0.29) is 29.8 Å². The number of rotatable bonds is 1. The largest absolute Gasteiger partial charge is 0.338 e.